The van der Waals surface area contributed by atoms with E-state index in [9.17, 15) is 8.78 Å². The third kappa shape index (κ3) is 3.73. The average molecular weight is 283 g/mol. The van der Waals surface area contributed by atoms with Gasteiger partial charge in [-0.2, -0.15) is 0 Å². The second-order valence-corrected chi connectivity index (χ2v) is 4.69. The molecule has 1 unspecified atom stereocenters. The van der Waals surface area contributed by atoms with E-state index in [1.807, 2.05) is 12.1 Å². The quantitative estimate of drug-likeness (QED) is 0.666. The van der Waals surface area contributed by atoms with Gasteiger partial charge >= 0.3 is 0 Å². The second kappa shape index (κ2) is 6.10. The van der Waals surface area contributed by atoms with Gasteiger partial charge in [0.1, 0.15) is 11.6 Å². The maximum absolute atomic E-state index is 13.2. The first-order valence-corrected chi connectivity index (χ1v) is 6.13. The lowest BCUT2D eigenvalue weighted by Gasteiger charge is -2.17. The van der Waals surface area contributed by atoms with Crippen LogP contribution in [0.3, 0.4) is 0 Å². The van der Waals surface area contributed by atoms with Crippen molar-refractivity contribution >= 4 is 11.6 Å². The summed E-state index contributed by atoms with van der Waals surface area (Å²) >= 11 is 5.90. The summed E-state index contributed by atoms with van der Waals surface area (Å²) in [5.74, 6) is 4.22. The van der Waals surface area contributed by atoms with Crippen molar-refractivity contribution in [3.05, 3.63) is 70.2 Å². The van der Waals surface area contributed by atoms with Crippen LogP contribution in [-0.2, 0) is 6.42 Å². The number of halogens is 3. The minimum Gasteiger partial charge on any atom is -0.271 e. The van der Waals surface area contributed by atoms with Crippen LogP contribution in [0, 0.1) is 11.6 Å². The molecule has 0 bridgehead atoms. The highest BCUT2D eigenvalue weighted by molar-refractivity contribution is 6.30. The molecule has 0 heterocycles. The highest BCUT2D eigenvalue weighted by Crippen LogP contribution is 2.21. The van der Waals surface area contributed by atoms with Crippen LogP contribution in [0.5, 0.6) is 0 Å². The van der Waals surface area contributed by atoms with Crippen LogP contribution in [0.1, 0.15) is 17.2 Å². The third-order valence-electron chi connectivity index (χ3n) is 2.82. The molecule has 0 aliphatic rings. The summed E-state index contributed by atoms with van der Waals surface area (Å²) in [7, 11) is 0. The summed E-state index contributed by atoms with van der Waals surface area (Å²) in [5, 5.41) is 0.610. The van der Waals surface area contributed by atoms with E-state index < -0.39 is 11.6 Å². The summed E-state index contributed by atoms with van der Waals surface area (Å²) in [6.07, 6.45) is 0.486. The zero-order valence-electron chi connectivity index (χ0n) is 10.0. The van der Waals surface area contributed by atoms with Gasteiger partial charge in [0.05, 0.1) is 6.04 Å². The minimum absolute atomic E-state index is 0.385. The summed E-state index contributed by atoms with van der Waals surface area (Å²) in [5.41, 5.74) is 3.95. The molecule has 0 radical (unpaired) electrons. The maximum atomic E-state index is 13.2. The monoisotopic (exact) mass is 282 g/mol. The largest absolute Gasteiger partial charge is 0.271 e. The van der Waals surface area contributed by atoms with Gasteiger partial charge in [-0.15, -0.1) is 0 Å². The van der Waals surface area contributed by atoms with Gasteiger partial charge in [0.2, 0.25) is 0 Å². The Hall–Kier alpha value is -1.49. The summed E-state index contributed by atoms with van der Waals surface area (Å²) < 4.78 is 26.4. The molecule has 2 rings (SSSR count). The van der Waals surface area contributed by atoms with Crippen molar-refractivity contribution in [2.24, 2.45) is 5.84 Å². The van der Waals surface area contributed by atoms with Crippen LogP contribution < -0.4 is 11.3 Å². The third-order valence-corrected chi connectivity index (χ3v) is 3.05. The lowest BCUT2D eigenvalue weighted by molar-refractivity contribution is 0.530. The van der Waals surface area contributed by atoms with Gasteiger partial charge in [-0.3, -0.25) is 11.3 Å². The fraction of sp³-hybridized carbons (Fsp3) is 0.143. The molecule has 0 spiro atoms. The fourth-order valence-electron chi connectivity index (χ4n) is 1.95. The smallest absolute Gasteiger partial charge is 0.126 e. The lowest BCUT2D eigenvalue weighted by atomic mass is 9.99. The molecule has 5 heteroatoms. The highest BCUT2D eigenvalue weighted by Gasteiger charge is 2.13. The number of benzene rings is 2. The zero-order chi connectivity index (χ0) is 13.8. The number of hydrogen-bond donors (Lipinski definition) is 2. The number of nitrogens with two attached hydrogens (primary N) is 1. The molecule has 0 saturated heterocycles. The van der Waals surface area contributed by atoms with Crippen LogP contribution in [-0.4, -0.2) is 0 Å². The Balaban J connectivity index is 2.24. The van der Waals surface area contributed by atoms with Crippen molar-refractivity contribution < 1.29 is 8.78 Å². The number of hydrogen-bond acceptors (Lipinski definition) is 2. The predicted octanol–water partition coefficient (Wildman–Crippen LogP) is 3.37. The molecule has 2 aromatic carbocycles. The van der Waals surface area contributed by atoms with E-state index in [1.165, 1.54) is 12.1 Å². The van der Waals surface area contributed by atoms with E-state index in [2.05, 4.69) is 5.43 Å². The van der Waals surface area contributed by atoms with E-state index in [1.54, 1.807) is 12.1 Å². The SMILES string of the molecule is NNC(Cc1cccc(Cl)c1)c1cc(F)cc(F)c1. The van der Waals surface area contributed by atoms with E-state index in [0.29, 0.717) is 17.0 Å². The Bertz CT molecular complexity index is 555. The Morgan fingerprint density at radius 1 is 1.11 bits per heavy atom. The van der Waals surface area contributed by atoms with Gasteiger partial charge in [-0.25, -0.2) is 8.78 Å². The highest BCUT2D eigenvalue weighted by atomic mass is 35.5. The van der Waals surface area contributed by atoms with Gasteiger partial charge in [-0.05, 0) is 41.8 Å². The zero-order valence-corrected chi connectivity index (χ0v) is 10.8. The van der Waals surface area contributed by atoms with Crippen molar-refractivity contribution in [2.75, 3.05) is 0 Å². The van der Waals surface area contributed by atoms with E-state index in [-0.39, 0.29) is 6.04 Å². The van der Waals surface area contributed by atoms with Gasteiger partial charge in [0.15, 0.2) is 0 Å². The molecule has 0 aliphatic carbocycles. The molecular formula is C14H13ClF2N2. The molecule has 0 aromatic heterocycles. The summed E-state index contributed by atoms with van der Waals surface area (Å²) in [6, 6.07) is 10.2. The Kier molecular flexibility index (Phi) is 4.47. The first-order valence-electron chi connectivity index (χ1n) is 5.75. The van der Waals surface area contributed by atoms with Crippen LogP contribution >= 0.6 is 11.6 Å². The van der Waals surface area contributed by atoms with Gasteiger partial charge in [0, 0.05) is 11.1 Å². The normalized spacial score (nSPS) is 12.4. The first kappa shape index (κ1) is 13.9. The number of nitrogens with one attached hydrogen (secondary N) is 1. The van der Waals surface area contributed by atoms with Gasteiger partial charge < -0.3 is 0 Å². The van der Waals surface area contributed by atoms with E-state index in [0.717, 1.165) is 11.6 Å². The van der Waals surface area contributed by atoms with Crippen LogP contribution in [0.15, 0.2) is 42.5 Å². The Morgan fingerprint density at radius 2 is 1.79 bits per heavy atom. The summed E-state index contributed by atoms with van der Waals surface area (Å²) in [4.78, 5) is 0. The first-order chi connectivity index (χ1) is 9.08. The topological polar surface area (TPSA) is 38.0 Å². The second-order valence-electron chi connectivity index (χ2n) is 4.26. The van der Waals surface area contributed by atoms with E-state index in [4.69, 9.17) is 17.4 Å². The lowest BCUT2D eigenvalue weighted by Crippen LogP contribution is -2.29. The molecular weight excluding hydrogens is 270 g/mol. The predicted molar refractivity (Wildman–Crippen MR) is 71.6 cm³/mol. The van der Waals surface area contributed by atoms with Crippen LogP contribution in [0.4, 0.5) is 8.78 Å². The standard InChI is InChI=1S/C14H13ClF2N2/c15-11-3-1-2-9(4-11)5-14(19-18)10-6-12(16)8-13(17)7-10/h1-4,6-8,14,19H,5,18H2. The van der Waals surface area contributed by atoms with Crippen molar-refractivity contribution in [1.82, 2.24) is 5.43 Å². The van der Waals surface area contributed by atoms with Gasteiger partial charge in [0.25, 0.3) is 0 Å². The fourth-order valence-corrected chi connectivity index (χ4v) is 2.16. The Labute approximate surface area is 115 Å². The number of rotatable bonds is 4. The molecule has 0 saturated carbocycles. The number of hydrazine groups is 1. The van der Waals surface area contributed by atoms with E-state index >= 15 is 0 Å². The minimum atomic E-state index is -0.624. The van der Waals surface area contributed by atoms with Crippen LogP contribution in [0.25, 0.3) is 0 Å². The maximum Gasteiger partial charge on any atom is 0.126 e. The average Bonchev–Trinajstić information content (AvgIpc) is 2.34. The molecule has 2 nitrogen and oxygen atoms in total. The van der Waals surface area contributed by atoms with Crippen molar-refractivity contribution in [1.29, 1.82) is 0 Å². The van der Waals surface area contributed by atoms with Crippen LogP contribution in [0.2, 0.25) is 5.02 Å². The molecule has 1 atom stereocenters. The Morgan fingerprint density at radius 3 is 2.37 bits per heavy atom. The van der Waals surface area contributed by atoms with Crippen molar-refractivity contribution in [3.8, 4) is 0 Å². The molecule has 0 aliphatic heterocycles. The molecule has 0 fully saturated rings. The molecule has 3 N–H and O–H groups in total. The molecule has 100 valence electrons. The molecule has 19 heavy (non-hydrogen) atoms. The van der Waals surface area contributed by atoms with Gasteiger partial charge in [-0.1, -0.05) is 23.7 Å². The van der Waals surface area contributed by atoms with Crippen molar-refractivity contribution in [3.63, 3.8) is 0 Å². The summed E-state index contributed by atoms with van der Waals surface area (Å²) in [6.45, 7) is 0. The molecule has 0 amide bonds. The molecule has 2 aromatic rings. The van der Waals surface area contributed by atoms with Crippen molar-refractivity contribution in [2.45, 2.75) is 12.5 Å².